The SMILES string of the molecule is CCCCCn1ccc2ccc(C(N)=S)cc21. The van der Waals surface area contributed by atoms with Crippen LogP contribution in [0.4, 0.5) is 0 Å². The lowest BCUT2D eigenvalue weighted by molar-refractivity contribution is 0.616. The van der Waals surface area contributed by atoms with Crippen LogP contribution in [-0.4, -0.2) is 9.56 Å². The van der Waals surface area contributed by atoms with Gasteiger partial charge in [-0.15, -0.1) is 0 Å². The van der Waals surface area contributed by atoms with E-state index in [0.29, 0.717) is 4.99 Å². The summed E-state index contributed by atoms with van der Waals surface area (Å²) in [6.45, 7) is 3.29. The molecule has 0 fully saturated rings. The van der Waals surface area contributed by atoms with Gasteiger partial charge in [0, 0.05) is 23.8 Å². The fourth-order valence-corrected chi connectivity index (χ4v) is 2.19. The third-order valence-corrected chi connectivity index (χ3v) is 3.30. The fraction of sp³-hybridized carbons (Fsp3) is 0.357. The summed E-state index contributed by atoms with van der Waals surface area (Å²) in [7, 11) is 0. The summed E-state index contributed by atoms with van der Waals surface area (Å²) < 4.78 is 2.28. The summed E-state index contributed by atoms with van der Waals surface area (Å²) in [5, 5.41) is 1.25. The zero-order chi connectivity index (χ0) is 12.3. The number of rotatable bonds is 5. The number of nitrogens with two attached hydrogens (primary N) is 1. The number of benzene rings is 1. The van der Waals surface area contributed by atoms with Crippen LogP contribution in [0.3, 0.4) is 0 Å². The lowest BCUT2D eigenvalue weighted by atomic mass is 10.1. The highest BCUT2D eigenvalue weighted by molar-refractivity contribution is 7.80. The van der Waals surface area contributed by atoms with Gasteiger partial charge in [-0.3, -0.25) is 0 Å². The molecule has 2 N–H and O–H groups in total. The Morgan fingerprint density at radius 2 is 2.12 bits per heavy atom. The normalized spacial score (nSPS) is 10.9. The topological polar surface area (TPSA) is 30.9 Å². The molecule has 2 rings (SSSR count). The Bertz CT molecular complexity index is 528. The molecule has 0 bridgehead atoms. The summed E-state index contributed by atoms with van der Waals surface area (Å²) in [4.78, 5) is 0.466. The molecule has 1 aromatic heterocycles. The van der Waals surface area contributed by atoms with Crippen molar-refractivity contribution in [1.82, 2.24) is 4.57 Å². The van der Waals surface area contributed by atoms with Crippen molar-refractivity contribution in [2.24, 2.45) is 5.73 Å². The second kappa shape index (κ2) is 5.32. The van der Waals surface area contributed by atoms with E-state index in [0.717, 1.165) is 12.1 Å². The molecule has 0 aliphatic carbocycles. The first kappa shape index (κ1) is 12.1. The van der Waals surface area contributed by atoms with Gasteiger partial charge in [0.2, 0.25) is 0 Å². The molecule has 0 amide bonds. The van der Waals surface area contributed by atoms with Crippen LogP contribution >= 0.6 is 12.2 Å². The number of fused-ring (bicyclic) bond motifs is 1. The summed E-state index contributed by atoms with van der Waals surface area (Å²) >= 11 is 5.02. The van der Waals surface area contributed by atoms with Crippen molar-refractivity contribution in [3.8, 4) is 0 Å². The summed E-state index contributed by atoms with van der Waals surface area (Å²) in [5.74, 6) is 0. The summed E-state index contributed by atoms with van der Waals surface area (Å²) in [6, 6.07) is 8.30. The predicted molar refractivity (Wildman–Crippen MR) is 77.4 cm³/mol. The quantitative estimate of drug-likeness (QED) is 0.647. The number of hydrogen-bond donors (Lipinski definition) is 1. The Morgan fingerprint density at radius 1 is 1.29 bits per heavy atom. The minimum atomic E-state index is 0.466. The van der Waals surface area contributed by atoms with Gasteiger partial charge in [0.25, 0.3) is 0 Å². The maximum Gasteiger partial charge on any atom is 0.104 e. The Balaban J connectivity index is 2.30. The van der Waals surface area contributed by atoms with Crippen LogP contribution < -0.4 is 5.73 Å². The molecule has 0 aliphatic heterocycles. The van der Waals surface area contributed by atoms with Crippen LogP contribution in [0.5, 0.6) is 0 Å². The first-order chi connectivity index (χ1) is 8.22. The second-order valence-corrected chi connectivity index (χ2v) is 4.79. The highest BCUT2D eigenvalue weighted by atomic mass is 32.1. The lowest BCUT2D eigenvalue weighted by Gasteiger charge is -2.06. The smallest absolute Gasteiger partial charge is 0.104 e. The van der Waals surface area contributed by atoms with Crippen molar-refractivity contribution >= 4 is 28.1 Å². The van der Waals surface area contributed by atoms with E-state index in [-0.39, 0.29) is 0 Å². The number of aromatic nitrogens is 1. The Morgan fingerprint density at radius 3 is 2.82 bits per heavy atom. The van der Waals surface area contributed by atoms with E-state index in [9.17, 15) is 0 Å². The number of thiocarbonyl (C=S) groups is 1. The summed E-state index contributed by atoms with van der Waals surface area (Å²) in [5.41, 5.74) is 7.84. The van der Waals surface area contributed by atoms with Crippen molar-refractivity contribution < 1.29 is 0 Å². The molecule has 0 atom stereocenters. The Hall–Kier alpha value is -1.35. The van der Waals surface area contributed by atoms with Crippen molar-refractivity contribution in [2.75, 3.05) is 0 Å². The molecule has 90 valence electrons. The number of hydrogen-bond acceptors (Lipinski definition) is 1. The van der Waals surface area contributed by atoms with E-state index in [1.165, 1.54) is 30.2 Å². The predicted octanol–water partition coefficient (Wildman–Crippen LogP) is 3.47. The van der Waals surface area contributed by atoms with Gasteiger partial charge >= 0.3 is 0 Å². The van der Waals surface area contributed by atoms with Crippen molar-refractivity contribution in [3.05, 3.63) is 36.0 Å². The third-order valence-electron chi connectivity index (χ3n) is 3.06. The van der Waals surface area contributed by atoms with E-state index < -0.39 is 0 Å². The lowest BCUT2D eigenvalue weighted by Crippen LogP contribution is -2.09. The molecule has 0 unspecified atom stereocenters. The molecular formula is C14H18N2S. The molecular weight excluding hydrogens is 228 g/mol. The van der Waals surface area contributed by atoms with Crippen LogP contribution in [0.2, 0.25) is 0 Å². The average Bonchev–Trinajstić information content (AvgIpc) is 2.72. The molecule has 3 heteroatoms. The minimum absolute atomic E-state index is 0.466. The van der Waals surface area contributed by atoms with Crippen LogP contribution in [0, 0.1) is 0 Å². The van der Waals surface area contributed by atoms with Gasteiger partial charge in [-0.2, -0.15) is 0 Å². The first-order valence-corrected chi connectivity index (χ1v) is 6.52. The Labute approximate surface area is 107 Å². The molecule has 1 aromatic carbocycles. The van der Waals surface area contributed by atoms with E-state index in [2.05, 4.69) is 35.9 Å². The molecule has 0 spiro atoms. The molecule has 0 aliphatic rings. The van der Waals surface area contributed by atoms with Gasteiger partial charge in [-0.1, -0.05) is 44.1 Å². The van der Waals surface area contributed by atoms with Crippen LogP contribution in [0.15, 0.2) is 30.5 Å². The van der Waals surface area contributed by atoms with E-state index in [1.807, 2.05) is 6.07 Å². The van der Waals surface area contributed by atoms with Crippen LogP contribution in [-0.2, 0) is 6.54 Å². The largest absolute Gasteiger partial charge is 0.389 e. The fourth-order valence-electron chi connectivity index (χ4n) is 2.06. The molecule has 0 saturated heterocycles. The summed E-state index contributed by atoms with van der Waals surface area (Å²) in [6.07, 6.45) is 5.88. The van der Waals surface area contributed by atoms with E-state index >= 15 is 0 Å². The van der Waals surface area contributed by atoms with Crippen molar-refractivity contribution in [2.45, 2.75) is 32.7 Å². The first-order valence-electron chi connectivity index (χ1n) is 6.11. The maximum atomic E-state index is 5.67. The van der Waals surface area contributed by atoms with Crippen molar-refractivity contribution in [1.29, 1.82) is 0 Å². The van der Waals surface area contributed by atoms with Crippen LogP contribution in [0.1, 0.15) is 31.7 Å². The van der Waals surface area contributed by atoms with E-state index in [4.69, 9.17) is 18.0 Å². The van der Waals surface area contributed by atoms with Crippen LogP contribution in [0.25, 0.3) is 10.9 Å². The standard InChI is InChI=1S/C14H18N2S/c1-2-3-4-8-16-9-7-11-5-6-12(14(15)17)10-13(11)16/h5-7,9-10H,2-4,8H2,1H3,(H2,15,17). The Kier molecular flexibility index (Phi) is 3.79. The van der Waals surface area contributed by atoms with Gasteiger partial charge in [0.15, 0.2) is 0 Å². The molecule has 1 heterocycles. The van der Waals surface area contributed by atoms with Gasteiger partial charge in [-0.05, 0) is 23.9 Å². The van der Waals surface area contributed by atoms with Gasteiger partial charge in [0.05, 0.1) is 0 Å². The zero-order valence-electron chi connectivity index (χ0n) is 10.1. The molecule has 17 heavy (non-hydrogen) atoms. The van der Waals surface area contributed by atoms with E-state index in [1.54, 1.807) is 0 Å². The second-order valence-electron chi connectivity index (χ2n) is 4.35. The molecule has 0 saturated carbocycles. The number of nitrogens with zero attached hydrogens (tertiary/aromatic N) is 1. The highest BCUT2D eigenvalue weighted by Gasteiger charge is 2.03. The minimum Gasteiger partial charge on any atom is -0.389 e. The zero-order valence-corrected chi connectivity index (χ0v) is 11.0. The monoisotopic (exact) mass is 246 g/mol. The van der Waals surface area contributed by atoms with Gasteiger partial charge in [-0.25, -0.2) is 0 Å². The molecule has 2 aromatic rings. The maximum absolute atomic E-state index is 5.67. The average molecular weight is 246 g/mol. The number of aryl methyl sites for hydroxylation is 1. The van der Waals surface area contributed by atoms with Crippen molar-refractivity contribution in [3.63, 3.8) is 0 Å². The molecule has 0 radical (unpaired) electrons. The van der Waals surface area contributed by atoms with Gasteiger partial charge < -0.3 is 10.3 Å². The third kappa shape index (κ3) is 2.67. The molecule has 2 nitrogen and oxygen atoms in total. The number of unbranched alkanes of at least 4 members (excludes halogenated alkanes) is 2. The van der Waals surface area contributed by atoms with Gasteiger partial charge in [0.1, 0.15) is 4.99 Å². The highest BCUT2D eigenvalue weighted by Crippen LogP contribution is 2.18.